The van der Waals surface area contributed by atoms with Gasteiger partial charge in [0.15, 0.2) is 0 Å². The first kappa shape index (κ1) is 27.3. The maximum absolute atomic E-state index is 13.0. The Hall–Kier alpha value is -2.75. The topological polar surface area (TPSA) is 129 Å². The van der Waals surface area contributed by atoms with Crippen molar-refractivity contribution in [1.82, 2.24) is 0 Å². The zero-order chi connectivity index (χ0) is 27.4. The standard InChI is InChI=1S/C28H36O9/c1-16(29)34-21-14-19-23(35-17(2)30)28(37-25(19,3)4)26(5,33)15-20(31)24(27(21,28)6)36-22(32)13-12-18-10-8-7-9-11-18/h7-13,19-21,23-24,31,33H,14-15H2,1-6H3/b13-12+/t19-,20-,21+,23-,24+,26+,27-,28+/m1/s1. The Morgan fingerprint density at radius 2 is 1.59 bits per heavy atom. The molecule has 0 amide bonds. The van der Waals surface area contributed by atoms with Gasteiger partial charge in [-0.25, -0.2) is 4.79 Å². The molecule has 8 atom stereocenters. The molecule has 1 aliphatic heterocycles. The average Bonchev–Trinajstić information content (AvgIpc) is 2.96. The van der Waals surface area contributed by atoms with Gasteiger partial charge in [-0.3, -0.25) is 9.59 Å². The average molecular weight is 517 g/mol. The molecule has 2 saturated carbocycles. The van der Waals surface area contributed by atoms with Crippen LogP contribution in [0.25, 0.3) is 6.08 Å². The van der Waals surface area contributed by atoms with Gasteiger partial charge in [0.25, 0.3) is 0 Å². The van der Waals surface area contributed by atoms with E-state index < -0.39 is 70.5 Å². The minimum Gasteiger partial charge on any atom is -0.462 e. The summed E-state index contributed by atoms with van der Waals surface area (Å²) in [5.74, 6) is -2.30. The molecule has 37 heavy (non-hydrogen) atoms. The van der Waals surface area contributed by atoms with Crippen LogP contribution in [0.4, 0.5) is 0 Å². The highest BCUT2D eigenvalue weighted by Gasteiger charge is 2.83. The molecule has 0 aromatic heterocycles. The van der Waals surface area contributed by atoms with E-state index in [1.807, 2.05) is 44.2 Å². The Kier molecular flexibility index (Phi) is 6.80. The molecular formula is C28H36O9. The molecule has 0 unspecified atom stereocenters. The van der Waals surface area contributed by atoms with Crippen LogP contribution in [0.15, 0.2) is 36.4 Å². The number of benzene rings is 1. The molecule has 1 aromatic rings. The fourth-order valence-corrected chi connectivity index (χ4v) is 7.00. The Balaban J connectivity index is 1.83. The molecular weight excluding hydrogens is 480 g/mol. The van der Waals surface area contributed by atoms with Crippen LogP contribution in [-0.2, 0) is 33.3 Å². The number of esters is 3. The number of rotatable bonds is 5. The largest absolute Gasteiger partial charge is 0.462 e. The van der Waals surface area contributed by atoms with Crippen molar-refractivity contribution < 1.29 is 43.5 Å². The van der Waals surface area contributed by atoms with Gasteiger partial charge >= 0.3 is 17.9 Å². The lowest BCUT2D eigenvalue weighted by Gasteiger charge is -2.65. The second kappa shape index (κ2) is 9.22. The summed E-state index contributed by atoms with van der Waals surface area (Å²) >= 11 is 0. The highest BCUT2D eigenvalue weighted by molar-refractivity contribution is 5.87. The molecule has 9 nitrogen and oxygen atoms in total. The van der Waals surface area contributed by atoms with Crippen molar-refractivity contribution in [3.05, 3.63) is 42.0 Å². The fraction of sp³-hybridized carbons (Fsp3) is 0.607. The van der Waals surface area contributed by atoms with Crippen molar-refractivity contribution in [3.8, 4) is 0 Å². The second-order valence-corrected chi connectivity index (χ2v) is 11.3. The van der Waals surface area contributed by atoms with Crippen LogP contribution >= 0.6 is 0 Å². The molecule has 0 radical (unpaired) electrons. The van der Waals surface area contributed by atoms with Gasteiger partial charge in [-0.1, -0.05) is 30.3 Å². The monoisotopic (exact) mass is 516 g/mol. The van der Waals surface area contributed by atoms with E-state index >= 15 is 0 Å². The van der Waals surface area contributed by atoms with E-state index in [-0.39, 0.29) is 12.8 Å². The number of aliphatic hydroxyl groups is 2. The summed E-state index contributed by atoms with van der Waals surface area (Å²) in [7, 11) is 0. The number of hydrogen-bond acceptors (Lipinski definition) is 9. The van der Waals surface area contributed by atoms with E-state index in [9.17, 15) is 24.6 Å². The van der Waals surface area contributed by atoms with E-state index in [1.165, 1.54) is 26.8 Å². The van der Waals surface area contributed by atoms with Crippen molar-refractivity contribution in [2.45, 2.75) is 95.6 Å². The molecule has 2 aliphatic carbocycles. The predicted octanol–water partition coefficient (Wildman–Crippen LogP) is 2.56. The van der Waals surface area contributed by atoms with Gasteiger partial charge in [0, 0.05) is 32.3 Å². The van der Waals surface area contributed by atoms with Gasteiger partial charge in [-0.05, 0) is 45.8 Å². The summed E-state index contributed by atoms with van der Waals surface area (Å²) in [6, 6.07) is 9.17. The zero-order valence-electron chi connectivity index (χ0n) is 22.1. The van der Waals surface area contributed by atoms with Gasteiger partial charge in [0.2, 0.25) is 0 Å². The first-order valence-corrected chi connectivity index (χ1v) is 12.5. The summed E-state index contributed by atoms with van der Waals surface area (Å²) in [6.07, 6.45) is -1.61. The molecule has 1 saturated heterocycles. The summed E-state index contributed by atoms with van der Waals surface area (Å²) < 4.78 is 24.1. The van der Waals surface area contributed by atoms with Crippen molar-refractivity contribution in [2.75, 3.05) is 0 Å². The smallest absolute Gasteiger partial charge is 0.331 e. The van der Waals surface area contributed by atoms with Crippen molar-refractivity contribution >= 4 is 24.0 Å². The first-order valence-electron chi connectivity index (χ1n) is 12.5. The van der Waals surface area contributed by atoms with Crippen LogP contribution in [0.3, 0.4) is 0 Å². The Labute approximate surface area is 216 Å². The van der Waals surface area contributed by atoms with E-state index in [2.05, 4.69) is 0 Å². The number of fused-ring (bicyclic) bond motifs is 1. The highest BCUT2D eigenvalue weighted by atomic mass is 16.6. The summed E-state index contributed by atoms with van der Waals surface area (Å²) in [4.78, 5) is 37.5. The SMILES string of the molecule is CC(=O)O[C@H]1C[C@@H]2[C@@H](OC(C)=O)[C@@]3(OC2(C)C)[C@@]1(C)[C@@H](OC(=O)/C=C/c1ccccc1)[C@H](O)C[C@]3(C)O. The molecule has 1 heterocycles. The first-order chi connectivity index (χ1) is 17.2. The lowest BCUT2D eigenvalue weighted by molar-refractivity contribution is -0.344. The predicted molar refractivity (Wildman–Crippen MR) is 132 cm³/mol. The van der Waals surface area contributed by atoms with E-state index in [4.69, 9.17) is 18.9 Å². The van der Waals surface area contributed by atoms with Crippen LogP contribution in [0, 0.1) is 11.3 Å². The van der Waals surface area contributed by atoms with Crippen molar-refractivity contribution in [3.63, 3.8) is 0 Å². The van der Waals surface area contributed by atoms with E-state index in [0.717, 1.165) is 5.56 Å². The maximum Gasteiger partial charge on any atom is 0.331 e. The minimum atomic E-state index is -1.74. The lowest BCUT2D eigenvalue weighted by atomic mass is 9.47. The molecule has 1 aromatic carbocycles. The third-order valence-electron chi connectivity index (χ3n) is 8.42. The van der Waals surface area contributed by atoms with E-state index in [0.29, 0.717) is 0 Å². The number of hydrogen-bond donors (Lipinski definition) is 2. The lowest BCUT2D eigenvalue weighted by Crippen LogP contribution is -2.81. The van der Waals surface area contributed by atoms with Crippen LogP contribution in [-0.4, -0.2) is 69.3 Å². The Morgan fingerprint density at radius 1 is 0.973 bits per heavy atom. The molecule has 202 valence electrons. The third-order valence-corrected chi connectivity index (χ3v) is 8.42. The normalized spacial score (nSPS) is 40.1. The Bertz CT molecular complexity index is 1090. The fourth-order valence-electron chi connectivity index (χ4n) is 7.00. The maximum atomic E-state index is 13.0. The van der Waals surface area contributed by atoms with Gasteiger partial charge < -0.3 is 29.2 Å². The second-order valence-electron chi connectivity index (χ2n) is 11.3. The number of aliphatic hydroxyl groups excluding tert-OH is 1. The van der Waals surface area contributed by atoms with Crippen LogP contribution in [0.1, 0.15) is 59.9 Å². The van der Waals surface area contributed by atoms with Crippen LogP contribution in [0.2, 0.25) is 0 Å². The van der Waals surface area contributed by atoms with E-state index in [1.54, 1.807) is 13.0 Å². The Morgan fingerprint density at radius 3 is 2.19 bits per heavy atom. The van der Waals surface area contributed by atoms with Gasteiger partial charge in [-0.15, -0.1) is 0 Å². The number of ether oxygens (including phenoxy) is 4. The van der Waals surface area contributed by atoms with Gasteiger partial charge in [-0.2, -0.15) is 0 Å². The number of carbonyl (C=O) groups excluding carboxylic acids is 3. The summed E-state index contributed by atoms with van der Waals surface area (Å²) in [5, 5.41) is 23.1. The number of carbonyl (C=O) groups is 3. The van der Waals surface area contributed by atoms with Gasteiger partial charge in [0.1, 0.15) is 23.9 Å². The molecule has 2 N–H and O–H groups in total. The molecule has 9 heteroatoms. The van der Waals surface area contributed by atoms with Gasteiger partial charge in [0.05, 0.1) is 22.7 Å². The molecule has 2 bridgehead atoms. The molecule has 1 spiro atoms. The van der Waals surface area contributed by atoms with Crippen molar-refractivity contribution in [2.24, 2.45) is 11.3 Å². The third kappa shape index (κ3) is 4.27. The summed E-state index contributed by atoms with van der Waals surface area (Å²) in [5.41, 5.74) is -5.01. The minimum absolute atomic E-state index is 0.208. The van der Waals surface area contributed by atoms with Crippen LogP contribution in [0.5, 0.6) is 0 Å². The quantitative estimate of drug-likeness (QED) is 0.345. The molecule has 3 fully saturated rings. The van der Waals surface area contributed by atoms with Crippen molar-refractivity contribution in [1.29, 1.82) is 0 Å². The highest BCUT2D eigenvalue weighted by Crippen LogP contribution is 2.68. The molecule has 4 rings (SSSR count). The molecule has 3 aliphatic rings. The van der Waals surface area contributed by atoms with Crippen LogP contribution < -0.4 is 0 Å². The summed E-state index contributed by atoms with van der Waals surface area (Å²) in [6.45, 7) is 9.35. The zero-order valence-corrected chi connectivity index (χ0v) is 22.1.